The van der Waals surface area contributed by atoms with Crippen molar-refractivity contribution in [3.8, 4) is 22.5 Å². The van der Waals surface area contributed by atoms with E-state index in [0.717, 1.165) is 29.5 Å². The third-order valence-corrected chi connectivity index (χ3v) is 6.96. The van der Waals surface area contributed by atoms with Crippen molar-refractivity contribution in [2.45, 2.75) is 25.3 Å². The molecule has 0 spiro atoms. The number of amides is 2. The van der Waals surface area contributed by atoms with Gasteiger partial charge in [0.25, 0.3) is 11.8 Å². The average molecular weight is 511 g/mol. The Morgan fingerprint density at radius 1 is 1.00 bits per heavy atom. The van der Waals surface area contributed by atoms with Crippen LogP contribution >= 0.6 is 0 Å². The first-order valence-electron chi connectivity index (χ1n) is 12.1. The number of aromatic nitrogens is 4. The summed E-state index contributed by atoms with van der Waals surface area (Å²) in [5, 5.41) is 20.3. The molecule has 0 saturated heterocycles. The van der Waals surface area contributed by atoms with Gasteiger partial charge >= 0.3 is 0 Å². The number of benzene rings is 3. The molecule has 1 aliphatic rings. The number of aryl methyl sites for hydroxylation is 1. The SMILES string of the molecule is CNC(=O)c1c(-c2ccc(F)cc2)oc2ccc(-c3cc(C(=O)NC4(c5nnn[nH]5)CC4)ccc3C)cc12. The summed E-state index contributed by atoms with van der Waals surface area (Å²) >= 11 is 0. The van der Waals surface area contributed by atoms with E-state index in [0.29, 0.717) is 39.2 Å². The first kappa shape index (κ1) is 23.5. The van der Waals surface area contributed by atoms with E-state index in [1.165, 1.54) is 12.1 Å². The van der Waals surface area contributed by atoms with E-state index < -0.39 is 5.54 Å². The summed E-state index contributed by atoms with van der Waals surface area (Å²) in [5.41, 5.74) is 4.03. The van der Waals surface area contributed by atoms with Crippen LogP contribution in [0.15, 0.2) is 65.1 Å². The molecule has 190 valence electrons. The number of nitrogens with one attached hydrogen (secondary N) is 3. The smallest absolute Gasteiger partial charge is 0.255 e. The van der Waals surface area contributed by atoms with Crippen LogP contribution < -0.4 is 10.6 Å². The molecule has 2 heterocycles. The number of nitrogens with zero attached hydrogens (tertiary/aromatic N) is 3. The number of tetrazole rings is 1. The van der Waals surface area contributed by atoms with Gasteiger partial charge in [-0.05, 0) is 95.4 Å². The minimum absolute atomic E-state index is 0.228. The van der Waals surface area contributed by atoms with Crippen LogP contribution in [0.1, 0.15) is 44.9 Å². The van der Waals surface area contributed by atoms with E-state index in [1.807, 2.05) is 31.2 Å². The number of carbonyl (C=O) groups excluding carboxylic acids is 2. The highest BCUT2D eigenvalue weighted by atomic mass is 19.1. The second-order valence-corrected chi connectivity index (χ2v) is 9.42. The monoisotopic (exact) mass is 510 g/mol. The Bertz CT molecular complexity index is 1690. The lowest BCUT2D eigenvalue weighted by molar-refractivity contribution is 0.0927. The Morgan fingerprint density at radius 2 is 1.76 bits per heavy atom. The maximum absolute atomic E-state index is 13.5. The van der Waals surface area contributed by atoms with Gasteiger partial charge in [0.05, 0.1) is 5.56 Å². The molecule has 10 heteroatoms. The predicted octanol–water partition coefficient (Wildman–Crippen LogP) is 4.51. The molecule has 0 aliphatic heterocycles. The van der Waals surface area contributed by atoms with E-state index in [1.54, 1.807) is 31.3 Å². The third-order valence-electron chi connectivity index (χ3n) is 6.96. The quantitative estimate of drug-likeness (QED) is 0.309. The fourth-order valence-corrected chi connectivity index (χ4v) is 4.69. The lowest BCUT2D eigenvalue weighted by Gasteiger charge is -2.15. The second-order valence-electron chi connectivity index (χ2n) is 9.42. The molecule has 2 amide bonds. The largest absolute Gasteiger partial charge is 0.455 e. The lowest BCUT2D eigenvalue weighted by atomic mass is 9.95. The Balaban J connectivity index is 1.40. The highest BCUT2D eigenvalue weighted by molar-refractivity contribution is 6.12. The van der Waals surface area contributed by atoms with Crippen molar-refractivity contribution in [1.29, 1.82) is 0 Å². The highest BCUT2D eigenvalue weighted by Crippen LogP contribution is 2.43. The summed E-state index contributed by atoms with van der Waals surface area (Å²) < 4.78 is 19.6. The zero-order valence-corrected chi connectivity index (χ0v) is 20.6. The van der Waals surface area contributed by atoms with Crippen LogP contribution in [0.4, 0.5) is 4.39 Å². The van der Waals surface area contributed by atoms with E-state index >= 15 is 0 Å². The van der Waals surface area contributed by atoms with Crippen molar-refractivity contribution in [1.82, 2.24) is 31.3 Å². The topological polar surface area (TPSA) is 126 Å². The van der Waals surface area contributed by atoms with Crippen molar-refractivity contribution >= 4 is 22.8 Å². The number of furan rings is 1. The maximum atomic E-state index is 13.5. The number of hydrogen-bond donors (Lipinski definition) is 3. The number of halogens is 1. The van der Waals surface area contributed by atoms with Crippen molar-refractivity contribution in [3.05, 3.63) is 89.0 Å². The number of hydrogen-bond acceptors (Lipinski definition) is 6. The summed E-state index contributed by atoms with van der Waals surface area (Å²) in [4.78, 5) is 26.1. The summed E-state index contributed by atoms with van der Waals surface area (Å²) in [6, 6.07) is 16.9. The van der Waals surface area contributed by atoms with Crippen LogP contribution in [0.5, 0.6) is 0 Å². The number of rotatable bonds is 6. The number of H-pyrrole nitrogens is 1. The van der Waals surface area contributed by atoms with Gasteiger partial charge in [0, 0.05) is 23.6 Å². The van der Waals surface area contributed by atoms with Crippen LogP contribution in [0, 0.1) is 12.7 Å². The molecular weight excluding hydrogens is 487 g/mol. The fraction of sp³-hybridized carbons (Fsp3) is 0.179. The first-order valence-corrected chi connectivity index (χ1v) is 12.1. The molecule has 9 nitrogen and oxygen atoms in total. The van der Waals surface area contributed by atoms with E-state index in [4.69, 9.17) is 4.42 Å². The van der Waals surface area contributed by atoms with E-state index in [2.05, 4.69) is 31.3 Å². The van der Waals surface area contributed by atoms with Gasteiger partial charge in [-0.15, -0.1) is 5.10 Å². The zero-order valence-electron chi connectivity index (χ0n) is 20.6. The minimum atomic E-state index is -0.569. The molecule has 3 N–H and O–H groups in total. The molecule has 0 atom stereocenters. The molecule has 1 fully saturated rings. The molecule has 0 radical (unpaired) electrons. The van der Waals surface area contributed by atoms with Gasteiger partial charge in [0.2, 0.25) is 0 Å². The molecule has 1 aliphatic carbocycles. The Hall–Kier alpha value is -4.86. The van der Waals surface area contributed by atoms with Gasteiger partial charge in [-0.3, -0.25) is 9.59 Å². The first-order chi connectivity index (χ1) is 18.4. The van der Waals surface area contributed by atoms with E-state index in [9.17, 15) is 14.0 Å². The van der Waals surface area contributed by atoms with Crippen LogP contribution in [-0.4, -0.2) is 39.5 Å². The summed E-state index contributed by atoms with van der Waals surface area (Å²) in [6.07, 6.45) is 1.51. The van der Waals surface area contributed by atoms with E-state index in [-0.39, 0.29) is 17.6 Å². The summed E-state index contributed by atoms with van der Waals surface area (Å²) in [7, 11) is 1.55. The van der Waals surface area contributed by atoms with Crippen LogP contribution in [0.25, 0.3) is 33.4 Å². The molecule has 2 aromatic heterocycles. The number of carbonyl (C=O) groups is 2. The standard InChI is InChI=1S/C28H23FN6O3/c1-15-3-4-18(25(36)31-28(11-12-28)27-32-34-35-33-27)14-20(15)17-7-10-22-21(13-17)23(26(37)30-2)24(38-22)16-5-8-19(29)9-6-16/h3-10,13-14H,11-12H2,1-2H3,(H,30,37)(H,31,36)(H,32,33,34,35). The molecule has 0 unspecified atom stereocenters. The summed E-state index contributed by atoms with van der Waals surface area (Å²) in [5.74, 6) is -0.0192. The Labute approximate surface area is 216 Å². The van der Waals surface area contributed by atoms with Gasteiger partial charge in [-0.1, -0.05) is 12.1 Å². The molecule has 6 rings (SSSR count). The van der Waals surface area contributed by atoms with Crippen LogP contribution in [0.3, 0.4) is 0 Å². The third kappa shape index (κ3) is 4.00. The molecule has 0 bridgehead atoms. The molecule has 5 aromatic rings. The number of fused-ring (bicyclic) bond motifs is 1. The van der Waals surface area contributed by atoms with Gasteiger partial charge < -0.3 is 15.1 Å². The Morgan fingerprint density at radius 3 is 2.45 bits per heavy atom. The van der Waals surface area contributed by atoms with Gasteiger partial charge in [-0.2, -0.15) is 0 Å². The van der Waals surface area contributed by atoms with Crippen molar-refractivity contribution < 1.29 is 18.4 Å². The zero-order chi connectivity index (χ0) is 26.4. The second kappa shape index (κ2) is 8.91. The van der Waals surface area contributed by atoms with Crippen molar-refractivity contribution in [2.75, 3.05) is 7.05 Å². The summed E-state index contributed by atoms with van der Waals surface area (Å²) in [6.45, 7) is 1.96. The van der Waals surface area contributed by atoms with Crippen molar-refractivity contribution in [2.24, 2.45) is 0 Å². The Kier molecular flexibility index (Phi) is 5.52. The van der Waals surface area contributed by atoms with Gasteiger partial charge in [-0.25, -0.2) is 9.49 Å². The van der Waals surface area contributed by atoms with Crippen LogP contribution in [0.2, 0.25) is 0 Å². The average Bonchev–Trinajstić information content (AvgIpc) is 3.33. The molecule has 1 saturated carbocycles. The van der Waals surface area contributed by atoms with Gasteiger partial charge in [0.15, 0.2) is 5.82 Å². The van der Waals surface area contributed by atoms with Gasteiger partial charge in [0.1, 0.15) is 22.7 Å². The highest BCUT2D eigenvalue weighted by Gasteiger charge is 2.49. The normalized spacial score (nSPS) is 13.9. The minimum Gasteiger partial charge on any atom is -0.455 e. The lowest BCUT2D eigenvalue weighted by Crippen LogP contribution is -2.35. The van der Waals surface area contributed by atoms with Crippen LogP contribution in [-0.2, 0) is 5.54 Å². The predicted molar refractivity (Wildman–Crippen MR) is 138 cm³/mol. The molecule has 38 heavy (non-hydrogen) atoms. The maximum Gasteiger partial charge on any atom is 0.255 e. The van der Waals surface area contributed by atoms with Crippen molar-refractivity contribution in [3.63, 3.8) is 0 Å². The fourth-order valence-electron chi connectivity index (χ4n) is 4.69. The molecule has 3 aromatic carbocycles. The number of aromatic amines is 1. The molecular formula is C28H23FN6O3.